The zero-order chi connectivity index (χ0) is 28.9. The van der Waals surface area contributed by atoms with Crippen LogP contribution in [0.5, 0.6) is 23.0 Å². The van der Waals surface area contributed by atoms with Crippen LogP contribution in [0.1, 0.15) is 33.7 Å². The Bertz CT molecular complexity index is 1650. The first-order valence-corrected chi connectivity index (χ1v) is 12.9. The number of nitriles is 1. The fraction of sp³-hybridized carbons (Fsp3) is 0.152. The third-order valence-corrected chi connectivity index (χ3v) is 6.68. The number of benzene rings is 4. The van der Waals surface area contributed by atoms with Crippen molar-refractivity contribution >= 4 is 5.97 Å². The van der Waals surface area contributed by atoms with Crippen molar-refractivity contribution < 1.29 is 28.1 Å². The zero-order valence-electron chi connectivity index (χ0n) is 22.5. The van der Waals surface area contributed by atoms with Gasteiger partial charge in [0.25, 0.3) is 0 Å². The molecule has 0 amide bonds. The zero-order valence-corrected chi connectivity index (χ0v) is 22.5. The number of aryl methyl sites for hydroxylation is 2. The van der Waals surface area contributed by atoms with E-state index in [2.05, 4.69) is 6.07 Å². The van der Waals surface area contributed by atoms with Gasteiger partial charge in [0.05, 0.1) is 5.92 Å². The fourth-order valence-electron chi connectivity index (χ4n) is 4.69. The molecular weight excluding hydrogens is 523 g/mol. The highest BCUT2D eigenvalue weighted by atomic mass is 19.1. The Balaban J connectivity index is 1.34. The number of esters is 1. The fourth-order valence-corrected chi connectivity index (χ4v) is 4.69. The highest BCUT2D eigenvalue weighted by Crippen LogP contribution is 2.44. The summed E-state index contributed by atoms with van der Waals surface area (Å²) in [7, 11) is 0. The van der Waals surface area contributed by atoms with Gasteiger partial charge in [0.15, 0.2) is 6.61 Å². The van der Waals surface area contributed by atoms with Crippen LogP contribution < -0.4 is 24.7 Å². The molecule has 0 spiro atoms. The van der Waals surface area contributed by atoms with Crippen LogP contribution in [-0.2, 0) is 11.4 Å². The number of para-hydroxylation sites is 1. The van der Waals surface area contributed by atoms with Crippen LogP contribution in [-0.4, -0.2) is 12.6 Å². The molecule has 0 radical (unpaired) electrons. The lowest BCUT2D eigenvalue weighted by molar-refractivity contribution is -0.136. The second-order valence-electron chi connectivity index (χ2n) is 9.60. The van der Waals surface area contributed by atoms with Crippen LogP contribution in [0.2, 0.25) is 0 Å². The van der Waals surface area contributed by atoms with Gasteiger partial charge in [-0.1, -0.05) is 48.5 Å². The second kappa shape index (κ2) is 11.8. The Morgan fingerprint density at radius 1 is 0.951 bits per heavy atom. The van der Waals surface area contributed by atoms with Gasteiger partial charge in [-0.2, -0.15) is 5.26 Å². The smallest absolute Gasteiger partial charge is 0.349 e. The maximum atomic E-state index is 13.2. The van der Waals surface area contributed by atoms with Crippen molar-refractivity contribution in [2.75, 3.05) is 6.61 Å². The molecule has 2 N–H and O–H groups in total. The number of carbonyl (C=O) groups excluding carboxylic acids is 1. The SMILES string of the molecule is Cc1cccc(C)c1OCC(=O)Oc1ccc2c(c1)OC(N)=C(C#N)C2c1cccc(OCc2ccc(F)cc2)c1. The highest BCUT2D eigenvalue weighted by Gasteiger charge is 2.31. The molecule has 0 aliphatic carbocycles. The summed E-state index contributed by atoms with van der Waals surface area (Å²) in [6, 6.07) is 26.2. The Hall–Kier alpha value is -5.29. The van der Waals surface area contributed by atoms with E-state index in [-0.39, 0.29) is 36.2 Å². The Labute approximate surface area is 237 Å². The molecule has 1 atom stereocenters. The summed E-state index contributed by atoms with van der Waals surface area (Å²) in [6.07, 6.45) is 0. The predicted octanol–water partition coefficient (Wildman–Crippen LogP) is 6.22. The lowest BCUT2D eigenvalue weighted by Crippen LogP contribution is -2.22. The van der Waals surface area contributed by atoms with Gasteiger partial charge >= 0.3 is 5.97 Å². The summed E-state index contributed by atoms with van der Waals surface area (Å²) in [4.78, 5) is 12.5. The molecule has 206 valence electrons. The normalized spacial score (nSPS) is 14.0. The van der Waals surface area contributed by atoms with Crippen molar-refractivity contribution in [1.29, 1.82) is 5.26 Å². The molecule has 1 unspecified atom stereocenters. The molecule has 41 heavy (non-hydrogen) atoms. The van der Waals surface area contributed by atoms with Crippen LogP contribution in [0.15, 0.2) is 96.4 Å². The number of carbonyl (C=O) groups is 1. The largest absolute Gasteiger partial charge is 0.489 e. The van der Waals surface area contributed by atoms with E-state index in [0.717, 1.165) is 22.3 Å². The average molecular weight is 551 g/mol. The minimum absolute atomic E-state index is 0.0375. The second-order valence-corrected chi connectivity index (χ2v) is 9.60. The number of nitrogens with zero attached hydrogens (tertiary/aromatic N) is 1. The lowest BCUT2D eigenvalue weighted by atomic mass is 9.83. The summed E-state index contributed by atoms with van der Waals surface area (Å²) >= 11 is 0. The predicted molar refractivity (Wildman–Crippen MR) is 150 cm³/mol. The van der Waals surface area contributed by atoms with Crippen LogP contribution in [0.25, 0.3) is 0 Å². The van der Waals surface area contributed by atoms with Gasteiger partial charge in [0, 0.05) is 11.6 Å². The molecule has 0 saturated carbocycles. The summed E-state index contributed by atoms with van der Waals surface area (Å²) in [6.45, 7) is 3.80. The van der Waals surface area contributed by atoms with E-state index < -0.39 is 11.9 Å². The first-order chi connectivity index (χ1) is 19.8. The Morgan fingerprint density at radius 2 is 1.68 bits per heavy atom. The summed E-state index contributed by atoms with van der Waals surface area (Å²) in [5.74, 6) is 0.377. The number of halogens is 1. The summed E-state index contributed by atoms with van der Waals surface area (Å²) in [5.41, 5.74) is 10.5. The molecule has 1 heterocycles. The summed E-state index contributed by atoms with van der Waals surface area (Å²) in [5, 5.41) is 9.92. The highest BCUT2D eigenvalue weighted by molar-refractivity contribution is 5.74. The van der Waals surface area contributed by atoms with Crippen molar-refractivity contribution in [1.82, 2.24) is 0 Å². The molecule has 4 aromatic carbocycles. The van der Waals surface area contributed by atoms with E-state index in [9.17, 15) is 14.4 Å². The maximum Gasteiger partial charge on any atom is 0.349 e. The molecular formula is C33H27FN2O5. The van der Waals surface area contributed by atoms with E-state index >= 15 is 0 Å². The van der Waals surface area contributed by atoms with Crippen molar-refractivity contribution in [3.05, 3.63) is 130 Å². The van der Waals surface area contributed by atoms with Gasteiger partial charge in [-0.05, 0) is 66.4 Å². The standard InChI is InChI=1S/C33H27FN2O5/c1-20-5-3-6-21(2)32(20)39-19-30(37)40-26-13-14-27-29(16-26)41-33(36)28(17-35)31(27)23-7-4-8-25(15-23)38-18-22-9-11-24(34)12-10-22/h3-16,31H,18-19,36H2,1-2H3. The molecule has 0 saturated heterocycles. The number of nitrogens with two attached hydrogens (primary N) is 1. The van der Waals surface area contributed by atoms with Crippen LogP contribution in [0.3, 0.4) is 0 Å². The van der Waals surface area contributed by atoms with Crippen LogP contribution in [0.4, 0.5) is 4.39 Å². The molecule has 1 aliphatic rings. The molecule has 4 aromatic rings. The number of fused-ring (bicyclic) bond motifs is 1. The van der Waals surface area contributed by atoms with E-state index in [1.165, 1.54) is 12.1 Å². The summed E-state index contributed by atoms with van der Waals surface area (Å²) < 4.78 is 36.1. The van der Waals surface area contributed by atoms with Crippen molar-refractivity contribution in [3.63, 3.8) is 0 Å². The molecule has 0 fully saturated rings. The lowest BCUT2D eigenvalue weighted by Gasteiger charge is -2.27. The number of ether oxygens (including phenoxy) is 4. The minimum Gasteiger partial charge on any atom is -0.489 e. The number of rotatable bonds is 8. The van der Waals surface area contributed by atoms with Crippen molar-refractivity contribution in [2.24, 2.45) is 5.73 Å². The van der Waals surface area contributed by atoms with E-state index in [0.29, 0.717) is 22.8 Å². The monoisotopic (exact) mass is 550 g/mol. The van der Waals surface area contributed by atoms with Crippen molar-refractivity contribution in [2.45, 2.75) is 26.4 Å². The van der Waals surface area contributed by atoms with E-state index in [1.807, 2.05) is 50.2 Å². The van der Waals surface area contributed by atoms with Gasteiger partial charge in [-0.3, -0.25) is 0 Å². The van der Waals surface area contributed by atoms with E-state index in [1.54, 1.807) is 36.4 Å². The third kappa shape index (κ3) is 6.15. The maximum absolute atomic E-state index is 13.2. The third-order valence-electron chi connectivity index (χ3n) is 6.68. The molecule has 0 aromatic heterocycles. The van der Waals surface area contributed by atoms with Gasteiger partial charge in [0.2, 0.25) is 5.88 Å². The first kappa shape index (κ1) is 27.3. The van der Waals surface area contributed by atoms with Crippen LogP contribution >= 0.6 is 0 Å². The minimum atomic E-state index is -0.577. The van der Waals surface area contributed by atoms with Crippen molar-refractivity contribution in [3.8, 4) is 29.1 Å². The Morgan fingerprint density at radius 3 is 2.41 bits per heavy atom. The number of hydrogen-bond donors (Lipinski definition) is 1. The quantitative estimate of drug-likeness (QED) is 0.205. The average Bonchev–Trinajstić information content (AvgIpc) is 2.96. The van der Waals surface area contributed by atoms with Gasteiger partial charge in [-0.25, -0.2) is 9.18 Å². The number of allylic oxidation sites excluding steroid dienone is 1. The molecule has 5 rings (SSSR count). The molecule has 7 nitrogen and oxygen atoms in total. The number of hydrogen-bond acceptors (Lipinski definition) is 7. The molecule has 0 bridgehead atoms. The molecule has 8 heteroatoms. The Kier molecular flexibility index (Phi) is 7.88. The molecule has 1 aliphatic heterocycles. The van der Waals surface area contributed by atoms with Crippen LogP contribution in [0, 0.1) is 31.0 Å². The topological polar surface area (TPSA) is 104 Å². The first-order valence-electron chi connectivity index (χ1n) is 12.9. The van der Waals surface area contributed by atoms with Gasteiger partial charge in [0.1, 0.15) is 47.1 Å². The van der Waals surface area contributed by atoms with E-state index in [4.69, 9.17) is 24.7 Å². The van der Waals surface area contributed by atoms with Gasteiger partial charge < -0.3 is 24.7 Å². The van der Waals surface area contributed by atoms with Gasteiger partial charge in [-0.15, -0.1) is 0 Å².